The number of nitrogens with zero attached hydrogens (tertiary/aromatic N) is 4. The molecule has 2 aliphatic heterocycles. The van der Waals surface area contributed by atoms with Crippen LogP contribution in [-0.2, 0) is 4.79 Å². The fourth-order valence-corrected chi connectivity index (χ4v) is 3.57. The van der Waals surface area contributed by atoms with Gasteiger partial charge in [0.1, 0.15) is 18.0 Å². The van der Waals surface area contributed by atoms with E-state index in [1.165, 1.54) is 12.7 Å². The Balaban J connectivity index is 1.35. The van der Waals surface area contributed by atoms with E-state index in [9.17, 15) is 14.4 Å². The van der Waals surface area contributed by atoms with Crippen LogP contribution in [0.1, 0.15) is 46.4 Å². The molecule has 1 N–H and O–H groups in total. The monoisotopic (exact) mass is 379 g/mol. The van der Waals surface area contributed by atoms with Gasteiger partial charge in [0.05, 0.1) is 11.1 Å². The van der Waals surface area contributed by atoms with Gasteiger partial charge < -0.3 is 10.2 Å². The average Bonchev–Trinajstić information content (AvgIpc) is 2.98. The Morgan fingerprint density at radius 3 is 2.36 bits per heavy atom. The molecule has 144 valence electrons. The zero-order valence-electron chi connectivity index (χ0n) is 15.4. The highest BCUT2D eigenvalue weighted by Gasteiger charge is 2.34. The third-order valence-corrected chi connectivity index (χ3v) is 5.04. The van der Waals surface area contributed by atoms with Gasteiger partial charge >= 0.3 is 0 Å². The first-order chi connectivity index (χ1) is 13.6. The third kappa shape index (κ3) is 3.58. The lowest BCUT2D eigenvalue weighted by atomic mass is 10.1. The van der Waals surface area contributed by atoms with Crippen LogP contribution >= 0.6 is 0 Å². The second-order valence-electron chi connectivity index (χ2n) is 6.91. The maximum absolute atomic E-state index is 12.3. The average molecular weight is 379 g/mol. The van der Waals surface area contributed by atoms with Crippen LogP contribution in [0.25, 0.3) is 0 Å². The topological polar surface area (TPSA) is 95.5 Å². The number of imide groups is 1. The minimum atomic E-state index is -0.358. The molecule has 3 amide bonds. The van der Waals surface area contributed by atoms with Crippen LogP contribution in [0.4, 0.5) is 11.6 Å². The number of carbonyl (C=O) groups is 3. The Hall–Kier alpha value is -3.29. The van der Waals surface area contributed by atoms with Gasteiger partial charge in [0.2, 0.25) is 5.91 Å². The zero-order chi connectivity index (χ0) is 19.5. The fourth-order valence-electron chi connectivity index (χ4n) is 3.57. The molecule has 4 rings (SSSR count). The predicted octanol–water partition coefficient (Wildman–Crippen LogP) is 2.09. The number of rotatable bonds is 5. The summed E-state index contributed by atoms with van der Waals surface area (Å²) in [6, 6.07) is 8.44. The molecule has 8 heteroatoms. The molecule has 0 radical (unpaired) electrons. The summed E-state index contributed by atoms with van der Waals surface area (Å²) < 4.78 is 0. The van der Waals surface area contributed by atoms with Crippen molar-refractivity contribution in [3.63, 3.8) is 0 Å². The number of anilines is 2. The fraction of sp³-hybridized carbons (Fsp3) is 0.350. The van der Waals surface area contributed by atoms with Crippen molar-refractivity contribution in [1.29, 1.82) is 0 Å². The first-order valence-corrected chi connectivity index (χ1v) is 9.45. The highest BCUT2D eigenvalue weighted by molar-refractivity contribution is 6.21. The molecule has 3 heterocycles. The second kappa shape index (κ2) is 7.75. The molecule has 2 aromatic rings. The van der Waals surface area contributed by atoms with Crippen LogP contribution in [0, 0.1) is 0 Å². The van der Waals surface area contributed by atoms with Crippen molar-refractivity contribution in [3.05, 3.63) is 47.8 Å². The zero-order valence-corrected chi connectivity index (χ0v) is 15.4. The van der Waals surface area contributed by atoms with Gasteiger partial charge in [0.25, 0.3) is 11.8 Å². The highest BCUT2D eigenvalue weighted by atomic mass is 16.2. The Labute approximate surface area is 162 Å². The quantitative estimate of drug-likeness (QED) is 0.800. The van der Waals surface area contributed by atoms with Gasteiger partial charge in [-0.3, -0.25) is 19.3 Å². The largest absolute Gasteiger partial charge is 0.356 e. The number of carbonyl (C=O) groups excluding carboxylic acids is 3. The molecule has 1 fully saturated rings. The van der Waals surface area contributed by atoms with Crippen molar-refractivity contribution in [2.75, 3.05) is 29.9 Å². The van der Waals surface area contributed by atoms with E-state index in [1.807, 2.05) is 0 Å². The maximum atomic E-state index is 12.3. The molecular weight excluding hydrogens is 358 g/mol. The van der Waals surface area contributed by atoms with E-state index in [4.69, 9.17) is 0 Å². The van der Waals surface area contributed by atoms with Crippen molar-refractivity contribution in [1.82, 2.24) is 14.9 Å². The molecule has 2 aliphatic rings. The Bertz CT molecular complexity index is 889. The van der Waals surface area contributed by atoms with Crippen LogP contribution in [0.5, 0.6) is 0 Å². The summed E-state index contributed by atoms with van der Waals surface area (Å²) in [4.78, 5) is 48.7. The van der Waals surface area contributed by atoms with Gasteiger partial charge in [-0.1, -0.05) is 12.1 Å². The summed E-state index contributed by atoms with van der Waals surface area (Å²) >= 11 is 0. The number of hydrogen-bond acceptors (Lipinski definition) is 6. The number of amides is 3. The normalized spacial score (nSPS) is 16.3. The van der Waals surface area contributed by atoms with Crippen LogP contribution in [-0.4, -0.2) is 52.2 Å². The van der Waals surface area contributed by atoms with Gasteiger partial charge in [-0.05, 0) is 31.4 Å². The van der Waals surface area contributed by atoms with Gasteiger partial charge in [-0.15, -0.1) is 0 Å². The molecular formula is C20H21N5O3. The van der Waals surface area contributed by atoms with Crippen molar-refractivity contribution in [3.8, 4) is 0 Å². The Morgan fingerprint density at radius 2 is 1.68 bits per heavy atom. The molecule has 0 unspecified atom stereocenters. The lowest BCUT2D eigenvalue weighted by molar-refractivity contribution is -0.116. The summed E-state index contributed by atoms with van der Waals surface area (Å²) in [5, 5.41) is 2.73. The van der Waals surface area contributed by atoms with E-state index in [2.05, 4.69) is 20.2 Å². The molecule has 28 heavy (non-hydrogen) atoms. The van der Waals surface area contributed by atoms with Crippen LogP contribution in [0.3, 0.4) is 0 Å². The molecule has 0 spiro atoms. The molecule has 0 aliphatic carbocycles. The van der Waals surface area contributed by atoms with Crippen molar-refractivity contribution in [2.24, 2.45) is 0 Å². The number of aromatic nitrogens is 2. The minimum Gasteiger partial charge on any atom is -0.356 e. The summed E-state index contributed by atoms with van der Waals surface area (Å²) in [7, 11) is 0. The van der Waals surface area contributed by atoms with Crippen LogP contribution in [0.15, 0.2) is 36.7 Å². The van der Waals surface area contributed by atoms with E-state index >= 15 is 0 Å². The summed E-state index contributed by atoms with van der Waals surface area (Å²) in [6.45, 7) is 1.93. The summed E-state index contributed by atoms with van der Waals surface area (Å²) in [5.74, 6) is 0.193. The molecule has 0 saturated carbocycles. The maximum Gasteiger partial charge on any atom is 0.261 e. The van der Waals surface area contributed by atoms with Crippen LogP contribution < -0.4 is 10.2 Å². The van der Waals surface area contributed by atoms with E-state index in [-0.39, 0.29) is 30.7 Å². The van der Waals surface area contributed by atoms with E-state index in [1.54, 1.807) is 30.3 Å². The summed E-state index contributed by atoms with van der Waals surface area (Å²) in [5.41, 5.74) is 0.768. The second-order valence-corrected chi connectivity index (χ2v) is 6.91. The lowest BCUT2D eigenvalue weighted by Gasteiger charge is -2.27. The minimum absolute atomic E-state index is 0.00845. The molecule has 8 nitrogen and oxygen atoms in total. The molecule has 1 aromatic carbocycles. The Morgan fingerprint density at radius 1 is 1.00 bits per heavy atom. The lowest BCUT2D eigenvalue weighted by Crippen LogP contribution is -2.33. The number of piperidine rings is 1. The Kier molecular flexibility index (Phi) is 5.01. The van der Waals surface area contributed by atoms with Gasteiger partial charge in [0.15, 0.2) is 0 Å². The van der Waals surface area contributed by atoms with Crippen LogP contribution in [0.2, 0.25) is 0 Å². The first kappa shape index (κ1) is 18.1. The number of benzene rings is 1. The smallest absolute Gasteiger partial charge is 0.261 e. The molecule has 1 saturated heterocycles. The standard InChI is InChI=1S/C20H21N5O3/c26-18(8-11-25-19(27)14-6-2-3-7-15(14)20(25)28)23-16-12-17(22-13-21-16)24-9-4-1-5-10-24/h2-3,6-7,12-13H,1,4-5,8-11H2,(H,21,22,23,26). The summed E-state index contributed by atoms with van der Waals surface area (Å²) in [6.07, 6.45) is 4.93. The molecule has 0 atom stereocenters. The predicted molar refractivity (Wildman–Crippen MR) is 103 cm³/mol. The highest BCUT2D eigenvalue weighted by Crippen LogP contribution is 2.23. The number of hydrogen-bond donors (Lipinski definition) is 1. The van der Waals surface area contributed by atoms with E-state index in [0.717, 1.165) is 36.6 Å². The SMILES string of the molecule is O=C(CCN1C(=O)c2ccccc2C1=O)Nc1cc(N2CCCCC2)ncn1. The van der Waals surface area contributed by atoms with Crippen molar-refractivity contribution < 1.29 is 14.4 Å². The van der Waals surface area contributed by atoms with Crippen molar-refractivity contribution >= 4 is 29.4 Å². The third-order valence-electron chi connectivity index (χ3n) is 5.04. The molecule has 0 bridgehead atoms. The van der Waals surface area contributed by atoms with Gasteiger partial charge in [-0.25, -0.2) is 9.97 Å². The molecule has 1 aromatic heterocycles. The van der Waals surface area contributed by atoms with Gasteiger partial charge in [-0.2, -0.15) is 0 Å². The van der Waals surface area contributed by atoms with Crippen molar-refractivity contribution in [2.45, 2.75) is 25.7 Å². The van der Waals surface area contributed by atoms with Gasteiger partial charge in [0, 0.05) is 32.1 Å². The van der Waals surface area contributed by atoms with E-state index < -0.39 is 0 Å². The van der Waals surface area contributed by atoms with E-state index in [0.29, 0.717) is 16.9 Å². The first-order valence-electron chi connectivity index (χ1n) is 9.45. The number of nitrogens with one attached hydrogen (secondary N) is 1. The number of fused-ring (bicyclic) bond motifs is 1.